The van der Waals surface area contributed by atoms with Crippen molar-refractivity contribution in [2.45, 2.75) is 57.4 Å². The molecule has 1 spiro atoms. The van der Waals surface area contributed by atoms with Crippen LogP contribution in [0.25, 0.3) is 0 Å². The Morgan fingerprint density at radius 2 is 2.11 bits per heavy atom. The smallest absolute Gasteiger partial charge is 0.335 e. The second-order valence-electron chi connectivity index (χ2n) is 8.35. The summed E-state index contributed by atoms with van der Waals surface area (Å²) in [6, 6.07) is 8.47. The minimum absolute atomic E-state index is 0.0604. The minimum Gasteiger partial charge on any atom is -0.463 e. The van der Waals surface area contributed by atoms with Crippen molar-refractivity contribution in [3.05, 3.63) is 41.1 Å². The molecule has 5 heteroatoms. The Hall–Kier alpha value is -2.30. The molecule has 1 amide bonds. The molecule has 3 heterocycles. The van der Waals surface area contributed by atoms with Crippen LogP contribution in [0.4, 0.5) is 5.69 Å². The van der Waals surface area contributed by atoms with Crippen LogP contribution in [0.15, 0.2) is 35.5 Å². The molecule has 0 saturated carbocycles. The fourth-order valence-corrected chi connectivity index (χ4v) is 6.35. The van der Waals surface area contributed by atoms with E-state index in [9.17, 15) is 9.59 Å². The molecule has 4 aliphatic rings. The number of hydrogen-bond donors (Lipinski definition) is 1. The quantitative estimate of drug-likeness (QED) is 0.834. The number of fused-ring (bicyclic) bond motifs is 1. The average Bonchev–Trinajstić information content (AvgIpc) is 3.25. The van der Waals surface area contributed by atoms with Crippen molar-refractivity contribution in [1.82, 2.24) is 4.90 Å². The monoisotopic (exact) mass is 366 g/mol. The van der Waals surface area contributed by atoms with E-state index < -0.39 is 0 Å². The number of nitrogens with one attached hydrogen (secondary N) is 1. The third-order valence-electron chi connectivity index (χ3n) is 7.43. The van der Waals surface area contributed by atoms with E-state index in [2.05, 4.69) is 35.3 Å². The van der Waals surface area contributed by atoms with Crippen LogP contribution >= 0.6 is 0 Å². The van der Waals surface area contributed by atoms with Gasteiger partial charge >= 0.3 is 5.97 Å². The van der Waals surface area contributed by atoms with Gasteiger partial charge in [0.15, 0.2) is 0 Å². The number of nitrogens with zero attached hydrogens (tertiary/aromatic N) is 1. The maximum atomic E-state index is 13.0. The number of amides is 1. The van der Waals surface area contributed by atoms with Gasteiger partial charge in [-0.25, -0.2) is 4.79 Å². The molecule has 0 radical (unpaired) electrons. The van der Waals surface area contributed by atoms with Gasteiger partial charge in [0.2, 0.25) is 5.91 Å². The van der Waals surface area contributed by atoms with Crippen LogP contribution in [0.2, 0.25) is 0 Å². The van der Waals surface area contributed by atoms with Gasteiger partial charge in [-0.1, -0.05) is 25.1 Å². The second kappa shape index (κ2) is 5.60. The second-order valence-corrected chi connectivity index (χ2v) is 8.35. The predicted octanol–water partition coefficient (Wildman–Crippen LogP) is 3.36. The lowest BCUT2D eigenvalue weighted by Crippen LogP contribution is -2.61. The molecule has 2 saturated heterocycles. The van der Waals surface area contributed by atoms with Crippen LogP contribution in [0.5, 0.6) is 0 Å². The first kappa shape index (κ1) is 16.8. The normalized spacial score (nSPS) is 33.3. The van der Waals surface area contributed by atoms with Crippen molar-refractivity contribution in [2.24, 2.45) is 5.41 Å². The molecule has 1 aromatic rings. The van der Waals surface area contributed by atoms with Crippen LogP contribution in [0.1, 0.15) is 51.5 Å². The summed E-state index contributed by atoms with van der Waals surface area (Å²) in [6.45, 7) is 5.21. The van der Waals surface area contributed by atoms with Gasteiger partial charge in [0.05, 0.1) is 23.6 Å². The Balaban J connectivity index is 1.79. The average molecular weight is 366 g/mol. The SMILES string of the molecule is CCOC(=O)C1=C2Nc3ccccc3[C@@]23CCN2C(=O)CC[C@@](CC)(C1)C23. The number of benzene rings is 1. The number of esters is 1. The van der Waals surface area contributed by atoms with E-state index in [-0.39, 0.29) is 28.7 Å². The van der Waals surface area contributed by atoms with E-state index in [1.165, 1.54) is 5.56 Å². The Labute approximate surface area is 159 Å². The highest BCUT2D eigenvalue weighted by Gasteiger charge is 2.67. The zero-order valence-electron chi connectivity index (χ0n) is 16.0. The molecule has 0 aromatic heterocycles. The molecule has 1 N–H and O–H groups in total. The molecule has 3 atom stereocenters. The lowest BCUT2D eigenvalue weighted by atomic mass is 9.53. The standard InChI is InChI=1S/C22H26N2O3/c1-3-21-10-9-17(25)24-12-11-22(20(21)24)15-7-5-6-8-16(15)23-18(22)14(13-21)19(26)27-4-2/h5-8,20,23H,3-4,9-13H2,1-2H3/t20?,21-,22-/m0/s1. The van der Waals surface area contributed by atoms with Gasteiger partial charge in [-0.05, 0) is 49.7 Å². The number of para-hydroxylation sites is 1. The summed E-state index contributed by atoms with van der Waals surface area (Å²) in [7, 11) is 0. The Kier molecular flexibility index (Phi) is 3.49. The zero-order chi connectivity index (χ0) is 18.8. The topological polar surface area (TPSA) is 58.6 Å². The molecule has 1 unspecified atom stereocenters. The van der Waals surface area contributed by atoms with Gasteiger partial charge < -0.3 is 15.0 Å². The number of rotatable bonds is 3. The first-order valence-corrected chi connectivity index (χ1v) is 10.1. The third-order valence-corrected chi connectivity index (χ3v) is 7.43. The van der Waals surface area contributed by atoms with E-state index in [1.54, 1.807) is 0 Å². The van der Waals surface area contributed by atoms with Crippen LogP contribution in [0.3, 0.4) is 0 Å². The van der Waals surface area contributed by atoms with Crippen LogP contribution < -0.4 is 5.32 Å². The highest BCUT2D eigenvalue weighted by atomic mass is 16.5. The minimum atomic E-state index is -0.303. The van der Waals surface area contributed by atoms with Crippen molar-refractivity contribution in [2.75, 3.05) is 18.5 Å². The summed E-state index contributed by atoms with van der Waals surface area (Å²) >= 11 is 0. The van der Waals surface area contributed by atoms with Crippen molar-refractivity contribution >= 4 is 17.6 Å². The van der Waals surface area contributed by atoms with Crippen molar-refractivity contribution in [1.29, 1.82) is 0 Å². The van der Waals surface area contributed by atoms with Gasteiger partial charge in [0, 0.05) is 24.4 Å². The molecule has 5 rings (SSSR count). The maximum Gasteiger partial charge on any atom is 0.335 e. The summed E-state index contributed by atoms with van der Waals surface area (Å²) in [4.78, 5) is 27.9. The summed E-state index contributed by atoms with van der Waals surface area (Å²) in [6.07, 6.45) is 3.95. The lowest BCUT2D eigenvalue weighted by molar-refractivity contribution is -0.144. The highest BCUT2D eigenvalue weighted by molar-refractivity contribution is 5.94. The molecule has 1 aromatic carbocycles. The van der Waals surface area contributed by atoms with E-state index in [1.807, 2.05) is 13.0 Å². The maximum absolute atomic E-state index is 13.0. The number of hydrogen-bond acceptors (Lipinski definition) is 4. The van der Waals surface area contributed by atoms with E-state index in [0.29, 0.717) is 19.4 Å². The summed E-state index contributed by atoms with van der Waals surface area (Å²) < 4.78 is 5.46. The summed E-state index contributed by atoms with van der Waals surface area (Å²) in [5.74, 6) is 0.0677. The van der Waals surface area contributed by atoms with Crippen molar-refractivity contribution in [3.63, 3.8) is 0 Å². The molecule has 5 nitrogen and oxygen atoms in total. The Morgan fingerprint density at radius 3 is 2.89 bits per heavy atom. The number of ether oxygens (including phenoxy) is 1. The van der Waals surface area contributed by atoms with Crippen LogP contribution in [-0.2, 0) is 19.7 Å². The largest absolute Gasteiger partial charge is 0.463 e. The molecule has 0 bridgehead atoms. The number of piperidine rings is 1. The van der Waals surface area contributed by atoms with E-state index in [0.717, 1.165) is 42.8 Å². The van der Waals surface area contributed by atoms with Gasteiger partial charge in [0.1, 0.15) is 0 Å². The fourth-order valence-electron chi connectivity index (χ4n) is 6.35. The third kappa shape index (κ3) is 1.95. The lowest BCUT2D eigenvalue weighted by Gasteiger charge is -2.55. The van der Waals surface area contributed by atoms with Crippen LogP contribution in [-0.4, -0.2) is 36.0 Å². The first-order chi connectivity index (χ1) is 13.1. The number of anilines is 1. The van der Waals surface area contributed by atoms with E-state index >= 15 is 0 Å². The van der Waals surface area contributed by atoms with Gasteiger partial charge in [-0.3, -0.25) is 4.79 Å². The van der Waals surface area contributed by atoms with E-state index in [4.69, 9.17) is 4.74 Å². The van der Waals surface area contributed by atoms with Gasteiger partial charge in [-0.2, -0.15) is 0 Å². The summed E-state index contributed by atoms with van der Waals surface area (Å²) in [5, 5.41) is 3.57. The molecule has 142 valence electrons. The predicted molar refractivity (Wildman–Crippen MR) is 102 cm³/mol. The molecule has 3 aliphatic heterocycles. The first-order valence-electron chi connectivity index (χ1n) is 10.1. The molecule has 2 fully saturated rings. The van der Waals surface area contributed by atoms with Crippen molar-refractivity contribution < 1.29 is 14.3 Å². The molecule has 1 aliphatic carbocycles. The number of carbonyl (C=O) groups excluding carboxylic acids is 2. The fraction of sp³-hybridized carbons (Fsp3) is 0.545. The van der Waals surface area contributed by atoms with Gasteiger partial charge in [0.25, 0.3) is 0 Å². The summed E-state index contributed by atoms with van der Waals surface area (Å²) in [5.41, 5.74) is 3.73. The Bertz CT molecular complexity index is 876. The highest BCUT2D eigenvalue weighted by Crippen LogP contribution is 2.65. The van der Waals surface area contributed by atoms with Gasteiger partial charge in [-0.15, -0.1) is 0 Å². The molecular weight excluding hydrogens is 340 g/mol. The number of carbonyl (C=O) groups is 2. The Morgan fingerprint density at radius 1 is 1.30 bits per heavy atom. The molecule has 27 heavy (non-hydrogen) atoms. The van der Waals surface area contributed by atoms with Crippen LogP contribution in [0, 0.1) is 5.41 Å². The zero-order valence-corrected chi connectivity index (χ0v) is 16.0. The van der Waals surface area contributed by atoms with Crippen molar-refractivity contribution in [3.8, 4) is 0 Å². The molecular formula is C22H26N2O3.